The number of nitrogens with one attached hydrogen (secondary N) is 1. The third kappa shape index (κ3) is 4.13. The van der Waals surface area contributed by atoms with Crippen molar-refractivity contribution in [3.8, 4) is 0 Å². The summed E-state index contributed by atoms with van der Waals surface area (Å²) in [5.74, 6) is 0.405. The van der Waals surface area contributed by atoms with Gasteiger partial charge in [-0.15, -0.1) is 0 Å². The van der Waals surface area contributed by atoms with Crippen molar-refractivity contribution >= 4 is 11.8 Å². The van der Waals surface area contributed by atoms with Gasteiger partial charge in [-0.3, -0.25) is 14.6 Å². The average Bonchev–Trinajstić information content (AvgIpc) is 3.14. The molecule has 1 saturated carbocycles. The van der Waals surface area contributed by atoms with Crippen molar-refractivity contribution in [2.24, 2.45) is 5.92 Å². The number of pyridine rings is 1. The fraction of sp³-hybridized carbons (Fsp3) is 0.536. The molecule has 0 radical (unpaired) electrons. The predicted molar refractivity (Wildman–Crippen MR) is 130 cm³/mol. The number of carbonyl (C=O) groups is 2. The van der Waals surface area contributed by atoms with E-state index in [4.69, 9.17) is 4.74 Å². The smallest absolute Gasteiger partial charge is 0.253 e. The number of benzene rings is 1. The third-order valence-electron chi connectivity index (χ3n) is 8.16. The molecular weight excluding hydrogens is 426 g/mol. The molecule has 2 aliphatic carbocycles. The summed E-state index contributed by atoms with van der Waals surface area (Å²) in [4.78, 5) is 32.5. The second-order valence-corrected chi connectivity index (χ2v) is 9.97. The monoisotopic (exact) mass is 461 g/mol. The Hall–Kier alpha value is -2.73. The van der Waals surface area contributed by atoms with Gasteiger partial charge >= 0.3 is 0 Å². The van der Waals surface area contributed by atoms with Crippen LogP contribution >= 0.6 is 0 Å². The number of ether oxygens (including phenoxy) is 1. The van der Waals surface area contributed by atoms with Crippen LogP contribution in [0.5, 0.6) is 0 Å². The number of hydrogen-bond acceptors (Lipinski definition) is 4. The molecule has 1 aromatic heterocycles. The maximum atomic E-state index is 13.2. The molecule has 2 fully saturated rings. The minimum atomic E-state index is -0.232. The van der Waals surface area contributed by atoms with E-state index in [-0.39, 0.29) is 29.4 Å². The van der Waals surface area contributed by atoms with Gasteiger partial charge in [0.25, 0.3) is 5.91 Å². The van der Waals surface area contributed by atoms with Crippen LogP contribution in [0.3, 0.4) is 0 Å². The van der Waals surface area contributed by atoms with Gasteiger partial charge in [-0.1, -0.05) is 43.5 Å². The fourth-order valence-electron chi connectivity index (χ4n) is 6.46. The van der Waals surface area contributed by atoms with E-state index in [1.807, 2.05) is 13.0 Å². The standard InChI is InChI=1S/C28H35N3O3/c1-2-34-25-24(30-26(32)21-11-8-16-29-19-21)22-12-6-7-13-23(22)28(25)14-17-31(18-15-28)27(33)20-9-4-3-5-10-20/h6-8,11-13,16,19-20,24-25H,2-5,9-10,14-15,17-18H2,1H3,(H,30,32)/t24-,25+/m0/s1. The highest BCUT2D eigenvalue weighted by molar-refractivity contribution is 5.94. The number of rotatable bonds is 5. The summed E-state index contributed by atoms with van der Waals surface area (Å²) in [5, 5.41) is 3.26. The van der Waals surface area contributed by atoms with Crippen LogP contribution in [-0.4, -0.2) is 47.5 Å². The number of nitrogens with zero attached hydrogens (tertiary/aromatic N) is 2. The molecule has 2 aromatic rings. The molecule has 5 rings (SSSR count). The van der Waals surface area contributed by atoms with Gasteiger partial charge < -0.3 is 15.0 Å². The van der Waals surface area contributed by atoms with Crippen LogP contribution in [0.1, 0.15) is 79.4 Å². The molecule has 34 heavy (non-hydrogen) atoms. The van der Waals surface area contributed by atoms with Gasteiger partial charge in [-0.2, -0.15) is 0 Å². The van der Waals surface area contributed by atoms with Crippen molar-refractivity contribution in [1.82, 2.24) is 15.2 Å². The Bertz CT molecular complexity index is 1010. The minimum Gasteiger partial charge on any atom is -0.375 e. The van der Waals surface area contributed by atoms with E-state index in [9.17, 15) is 9.59 Å². The predicted octanol–water partition coefficient (Wildman–Crippen LogP) is 4.41. The van der Waals surface area contributed by atoms with Crippen LogP contribution in [0, 0.1) is 5.92 Å². The minimum absolute atomic E-state index is 0.139. The number of fused-ring (bicyclic) bond motifs is 2. The van der Waals surface area contributed by atoms with Crippen molar-refractivity contribution in [3.05, 3.63) is 65.5 Å². The second kappa shape index (κ2) is 9.87. The highest BCUT2D eigenvalue weighted by atomic mass is 16.5. The Morgan fingerprint density at radius 3 is 2.56 bits per heavy atom. The van der Waals surface area contributed by atoms with Crippen molar-refractivity contribution in [3.63, 3.8) is 0 Å². The third-order valence-corrected chi connectivity index (χ3v) is 8.16. The summed E-state index contributed by atoms with van der Waals surface area (Å²) in [7, 11) is 0. The first kappa shape index (κ1) is 23.0. The van der Waals surface area contributed by atoms with Gasteiger partial charge in [-0.05, 0) is 55.9 Å². The Kier molecular flexibility index (Phi) is 6.68. The first-order valence-corrected chi connectivity index (χ1v) is 12.8. The van der Waals surface area contributed by atoms with E-state index in [1.165, 1.54) is 24.8 Å². The normalized spacial score (nSPS) is 24.1. The topological polar surface area (TPSA) is 71.5 Å². The highest BCUT2D eigenvalue weighted by Gasteiger charge is 2.54. The van der Waals surface area contributed by atoms with Gasteiger partial charge in [0.2, 0.25) is 5.91 Å². The lowest BCUT2D eigenvalue weighted by molar-refractivity contribution is -0.139. The van der Waals surface area contributed by atoms with E-state index < -0.39 is 0 Å². The van der Waals surface area contributed by atoms with Gasteiger partial charge in [-0.25, -0.2) is 0 Å². The number of piperidine rings is 1. The van der Waals surface area contributed by atoms with Crippen molar-refractivity contribution < 1.29 is 14.3 Å². The number of carbonyl (C=O) groups excluding carboxylic acids is 2. The first-order chi connectivity index (χ1) is 16.6. The molecule has 2 amide bonds. The van der Waals surface area contributed by atoms with Crippen LogP contribution in [0.2, 0.25) is 0 Å². The quantitative estimate of drug-likeness (QED) is 0.716. The van der Waals surface area contributed by atoms with Crippen molar-refractivity contribution in [2.45, 2.75) is 69.4 Å². The van der Waals surface area contributed by atoms with Crippen LogP contribution in [0.15, 0.2) is 48.8 Å². The van der Waals surface area contributed by atoms with Crippen LogP contribution < -0.4 is 5.32 Å². The SMILES string of the molecule is CCO[C@@H]1[C@@H](NC(=O)c2cccnc2)c2ccccc2C12CCN(C(=O)C1CCCCC1)CC2. The van der Waals surface area contributed by atoms with Gasteiger partial charge in [0, 0.05) is 43.4 Å². The molecule has 180 valence electrons. The van der Waals surface area contributed by atoms with E-state index in [0.717, 1.165) is 44.3 Å². The Labute approximate surface area is 202 Å². The molecule has 1 N–H and O–H groups in total. The number of likely N-dealkylation sites (tertiary alicyclic amines) is 1. The maximum Gasteiger partial charge on any atom is 0.253 e. The van der Waals surface area contributed by atoms with Gasteiger partial charge in [0.1, 0.15) is 0 Å². The lowest BCUT2D eigenvalue weighted by Crippen LogP contribution is -2.53. The van der Waals surface area contributed by atoms with E-state index in [2.05, 4.69) is 33.4 Å². The Balaban J connectivity index is 1.39. The summed E-state index contributed by atoms with van der Waals surface area (Å²) in [6.45, 7) is 4.08. The molecule has 6 heteroatoms. The molecule has 0 bridgehead atoms. The van der Waals surface area contributed by atoms with Gasteiger partial charge in [0.05, 0.1) is 17.7 Å². The summed E-state index contributed by atoms with van der Waals surface area (Å²) in [6, 6.07) is 11.7. The maximum absolute atomic E-state index is 13.2. The zero-order chi connectivity index (χ0) is 23.5. The zero-order valence-corrected chi connectivity index (χ0v) is 20.0. The molecule has 2 heterocycles. The lowest BCUT2D eigenvalue weighted by atomic mass is 9.71. The number of amides is 2. The van der Waals surface area contributed by atoms with Crippen LogP contribution in [-0.2, 0) is 14.9 Å². The molecular formula is C28H35N3O3. The van der Waals surface area contributed by atoms with E-state index in [0.29, 0.717) is 18.1 Å². The number of hydrogen-bond donors (Lipinski definition) is 1. The molecule has 1 spiro atoms. The Morgan fingerprint density at radius 2 is 1.85 bits per heavy atom. The highest BCUT2D eigenvalue weighted by Crippen LogP contribution is 2.52. The zero-order valence-electron chi connectivity index (χ0n) is 20.0. The summed E-state index contributed by atoms with van der Waals surface area (Å²) >= 11 is 0. The molecule has 1 saturated heterocycles. The molecule has 1 aromatic carbocycles. The first-order valence-electron chi connectivity index (χ1n) is 12.8. The van der Waals surface area contributed by atoms with Crippen LogP contribution in [0.4, 0.5) is 0 Å². The average molecular weight is 462 g/mol. The molecule has 3 aliphatic rings. The van der Waals surface area contributed by atoms with E-state index >= 15 is 0 Å². The summed E-state index contributed by atoms with van der Waals surface area (Å²) in [5.41, 5.74) is 2.73. The van der Waals surface area contributed by atoms with Crippen molar-refractivity contribution in [2.75, 3.05) is 19.7 Å². The second-order valence-electron chi connectivity index (χ2n) is 9.97. The number of aromatic nitrogens is 1. The molecule has 6 nitrogen and oxygen atoms in total. The molecule has 2 atom stereocenters. The summed E-state index contributed by atoms with van der Waals surface area (Å²) < 4.78 is 6.41. The molecule has 1 aliphatic heterocycles. The summed E-state index contributed by atoms with van der Waals surface area (Å²) in [6.07, 6.45) is 10.5. The largest absolute Gasteiger partial charge is 0.375 e. The lowest BCUT2D eigenvalue weighted by Gasteiger charge is -2.45. The Morgan fingerprint density at radius 1 is 1.09 bits per heavy atom. The van der Waals surface area contributed by atoms with Crippen LogP contribution in [0.25, 0.3) is 0 Å². The van der Waals surface area contributed by atoms with E-state index in [1.54, 1.807) is 24.5 Å². The fourth-order valence-corrected chi connectivity index (χ4v) is 6.46. The van der Waals surface area contributed by atoms with Crippen molar-refractivity contribution in [1.29, 1.82) is 0 Å². The molecule has 0 unspecified atom stereocenters. The van der Waals surface area contributed by atoms with Gasteiger partial charge in [0.15, 0.2) is 0 Å².